The van der Waals surface area contributed by atoms with Gasteiger partial charge in [0.15, 0.2) is 11.2 Å². The highest BCUT2D eigenvalue weighted by Crippen LogP contribution is 2.38. The molecule has 3 heterocycles. The molecular weight excluding hydrogens is 382 g/mol. The average molecular weight is 409 g/mol. The largest absolute Gasteiger partial charge is 0.495 e. The van der Waals surface area contributed by atoms with E-state index in [0.29, 0.717) is 23.7 Å². The maximum absolute atomic E-state index is 13.3. The Kier molecular flexibility index (Phi) is 4.80. The van der Waals surface area contributed by atoms with Crippen molar-refractivity contribution in [3.63, 3.8) is 0 Å². The maximum Gasteiger partial charge on any atom is 0.332 e. The molecule has 0 fully saturated rings. The molecule has 8 nitrogen and oxygen atoms in total. The van der Waals surface area contributed by atoms with Crippen molar-refractivity contribution in [3.8, 4) is 5.75 Å². The van der Waals surface area contributed by atoms with Crippen LogP contribution < -0.4 is 20.9 Å². The normalized spacial score (nSPS) is 16.0. The summed E-state index contributed by atoms with van der Waals surface area (Å²) < 4.78 is 10.2. The summed E-state index contributed by atoms with van der Waals surface area (Å²) in [5, 5.41) is 0. The standard InChI is InChI=1S/C22H27N5O3/c1-13(2)10-27-20(28)18-19(24(5)22(27)29)23-21-25(11-15(4)12-26(18)21)16-9-14(3)7-8-17(16)30-6/h7-9,15H,1,10-12H2,2-6H3. The van der Waals surface area contributed by atoms with Crippen LogP contribution >= 0.6 is 0 Å². The smallest absolute Gasteiger partial charge is 0.332 e. The molecule has 158 valence electrons. The second-order valence-electron chi connectivity index (χ2n) is 8.28. The van der Waals surface area contributed by atoms with Gasteiger partial charge in [0.05, 0.1) is 19.3 Å². The molecule has 3 aromatic rings. The van der Waals surface area contributed by atoms with E-state index >= 15 is 0 Å². The fourth-order valence-electron chi connectivity index (χ4n) is 4.13. The summed E-state index contributed by atoms with van der Waals surface area (Å²) in [5.74, 6) is 1.65. The van der Waals surface area contributed by atoms with E-state index < -0.39 is 5.69 Å². The lowest BCUT2D eigenvalue weighted by Crippen LogP contribution is -2.40. The summed E-state index contributed by atoms with van der Waals surface area (Å²) in [6.07, 6.45) is 0. The number of anilines is 2. The van der Waals surface area contributed by atoms with Crippen molar-refractivity contribution in [1.82, 2.24) is 18.7 Å². The first-order valence-corrected chi connectivity index (χ1v) is 9.99. The van der Waals surface area contributed by atoms with Gasteiger partial charge in [-0.25, -0.2) is 4.79 Å². The third-order valence-electron chi connectivity index (χ3n) is 5.50. The zero-order chi connectivity index (χ0) is 21.7. The van der Waals surface area contributed by atoms with Gasteiger partial charge in [0.25, 0.3) is 5.56 Å². The van der Waals surface area contributed by atoms with Crippen LogP contribution in [0.2, 0.25) is 0 Å². The van der Waals surface area contributed by atoms with E-state index in [1.807, 2.05) is 23.6 Å². The van der Waals surface area contributed by atoms with E-state index in [1.54, 1.807) is 21.1 Å². The monoisotopic (exact) mass is 409 g/mol. The Bertz CT molecular complexity index is 1280. The van der Waals surface area contributed by atoms with Crippen LogP contribution in [-0.4, -0.2) is 32.3 Å². The Morgan fingerprint density at radius 2 is 2.03 bits per heavy atom. The molecule has 1 aliphatic heterocycles. The van der Waals surface area contributed by atoms with Crippen LogP contribution in [0.1, 0.15) is 19.4 Å². The molecule has 2 aromatic heterocycles. The SMILES string of the molecule is C=C(C)Cn1c(=O)c2c(nc3n2CC(C)CN3c2cc(C)ccc2OC)n(C)c1=O. The highest BCUT2D eigenvalue weighted by Gasteiger charge is 2.31. The number of hydrogen-bond donors (Lipinski definition) is 0. The third-order valence-corrected chi connectivity index (χ3v) is 5.50. The third kappa shape index (κ3) is 3.03. The van der Waals surface area contributed by atoms with Gasteiger partial charge in [0.1, 0.15) is 5.75 Å². The molecule has 0 saturated carbocycles. The van der Waals surface area contributed by atoms with Gasteiger partial charge in [0, 0.05) is 20.1 Å². The van der Waals surface area contributed by atoms with Crippen LogP contribution in [-0.2, 0) is 20.1 Å². The van der Waals surface area contributed by atoms with Gasteiger partial charge < -0.3 is 14.2 Å². The number of aryl methyl sites for hydroxylation is 2. The zero-order valence-electron chi connectivity index (χ0n) is 18.1. The number of nitrogens with zero attached hydrogens (tertiary/aromatic N) is 5. The number of rotatable bonds is 4. The second-order valence-corrected chi connectivity index (χ2v) is 8.28. The number of hydrogen-bond acceptors (Lipinski definition) is 5. The number of imidazole rings is 1. The highest BCUT2D eigenvalue weighted by atomic mass is 16.5. The lowest BCUT2D eigenvalue weighted by molar-refractivity contribution is 0.409. The Balaban J connectivity index is 2.03. The Labute approximate surface area is 174 Å². The quantitative estimate of drug-likeness (QED) is 0.619. The number of allylic oxidation sites excluding steroid dienone is 1. The van der Waals surface area contributed by atoms with E-state index in [-0.39, 0.29) is 18.0 Å². The molecule has 4 rings (SSSR count). The summed E-state index contributed by atoms with van der Waals surface area (Å²) >= 11 is 0. The molecule has 0 amide bonds. The molecule has 8 heteroatoms. The Hall–Kier alpha value is -3.29. The van der Waals surface area contributed by atoms with Crippen LogP contribution in [0.3, 0.4) is 0 Å². The van der Waals surface area contributed by atoms with E-state index in [0.717, 1.165) is 29.1 Å². The molecule has 0 N–H and O–H groups in total. The lowest BCUT2D eigenvalue weighted by atomic mass is 10.1. The van der Waals surface area contributed by atoms with E-state index in [4.69, 9.17) is 9.72 Å². The molecule has 0 saturated heterocycles. The number of fused-ring (bicyclic) bond motifs is 3. The molecule has 1 unspecified atom stereocenters. The predicted octanol–water partition coefficient (Wildman–Crippen LogP) is 2.58. The molecule has 30 heavy (non-hydrogen) atoms. The van der Waals surface area contributed by atoms with Gasteiger partial charge in [0.2, 0.25) is 5.95 Å². The molecular formula is C22H27N5O3. The first-order valence-electron chi connectivity index (χ1n) is 9.99. The number of aromatic nitrogens is 4. The van der Waals surface area contributed by atoms with E-state index in [1.165, 1.54) is 9.13 Å². The van der Waals surface area contributed by atoms with Gasteiger partial charge in [-0.1, -0.05) is 25.1 Å². The summed E-state index contributed by atoms with van der Waals surface area (Å²) in [5.41, 5.74) is 2.85. The summed E-state index contributed by atoms with van der Waals surface area (Å²) in [7, 11) is 3.30. The number of ether oxygens (including phenoxy) is 1. The number of benzene rings is 1. The average Bonchev–Trinajstić information content (AvgIpc) is 3.08. The molecule has 0 bridgehead atoms. The fourth-order valence-corrected chi connectivity index (χ4v) is 4.13. The highest BCUT2D eigenvalue weighted by molar-refractivity contribution is 5.78. The second kappa shape index (κ2) is 7.19. The molecule has 1 aromatic carbocycles. The van der Waals surface area contributed by atoms with Crippen molar-refractivity contribution in [2.24, 2.45) is 13.0 Å². The topological polar surface area (TPSA) is 74.3 Å². The van der Waals surface area contributed by atoms with Gasteiger partial charge in [-0.3, -0.25) is 13.9 Å². The first kappa shape index (κ1) is 20.0. The van der Waals surface area contributed by atoms with Crippen molar-refractivity contribution in [1.29, 1.82) is 0 Å². The van der Waals surface area contributed by atoms with Gasteiger partial charge in [-0.2, -0.15) is 4.98 Å². The fraction of sp³-hybridized carbons (Fsp3) is 0.409. The molecule has 0 spiro atoms. The van der Waals surface area contributed by atoms with Gasteiger partial charge in [-0.15, -0.1) is 0 Å². The molecule has 0 aliphatic carbocycles. The van der Waals surface area contributed by atoms with Crippen molar-refractivity contribution in [2.45, 2.75) is 33.9 Å². The lowest BCUT2D eigenvalue weighted by Gasteiger charge is -2.33. The number of methoxy groups -OCH3 is 1. The van der Waals surface area contributed by atoms with Crippen molar-refractivity contribution in [3.05, 3.63) is 56.8 Å². The van der Waals surface area contributed by atoms with Crippen molar-refractivity contribution in [2.75, 3.05) is 18.6 Å². The first-order chi connectivity index (χ1) is 14.2. The van der Waals surface area contributed by atoms with Crippen LogP contribution in [0.5, 0.6) is 5.75 Å². The van der Waals surface area contributed by atoms with Gasteiger partial charge in [-0.05, 0) is 37.5 Å². The van der Waals surface area contributed by atoms with Crippen molar-refractivity contribution >= 4 is 22.8 Å². The summed E-state index contributed by atoms with van der Waals surface area (Å²) in [4.78, 5) is 32.9. The summed E-state index contributed by atoms with van der Waals surface area (Å²) in [6, 6.07) is 5.99. The van der Waals surface area contributed by atoms with Gasteiger partial charge >= 0.3 is 5.69 Å². The Morgan fingerprint density at radius 3 is 2.70 bits per heavy atom. The minimum Gasteiger partial charge on any atom is -0.495 e. The predicted molar refractivity (Wildman–Crippen MR) is 118 cm³/mol. The van der Waals surface area contributed by atoms with Crippen LogP contribution in [0, 0.1) is 12.8 Å². The van der Waals surface area contributed by atoms with Crippen LogP contribution in [0.15, 0.2) is 39.9 Å². The van der Waals surface area contributed by atoms with Crippen LogP contribution in [0.4, 0.5) is 11.6 Å². The van der Waals surface area contributed by atoms with E-state index in [2.05, 4.69) is 24.5 Å². The minimum absolute atomic E-state index is 0.187. The summed E-state index contributed by atoms with van der Waals surface area (Å²) in [6.45, 7) is 11.4. The maximum atomic E-state index is 13.3. The Morgan fingerprint density at radius 1 is 1.30 bits per heavy atom. The van der Waals surface area contributed by atoms with Crippen LogP contribution in [0.25, 0.3) is 11.2 Å². The van der Waals surface area contributed by atoms with E-state index in [9.17, 15) is 9.59 Å². The van der Waals surface area contributed by atoms with Crippen molar-refractivity contribution < 1.29 is 4.74 Å². The molecule has 1 aliphatic rings. The minimum atomic E-state index is -0.390. The molecule has 0 radical (unpaired) electrons. The zero-order valence-corrected chi connectivity index (χ0v) is 18.1. The molecule has 1 atom stereocenters.